The van der Waals surface area contributed by atoms with Crippen LogP contribution in [-0.2, 0) is 11.3 Å². The highest BCUT2D eigenvalue weighted by atomic mass is 35.5. The number of nitrogens with one attached hydrogen (secondary N) is 2. The van der Waals surface area contributed by atoms with E-state index in [0.29, 0.717) is 36.7 Å². The van der Waals surface area contributed by atoms with Gasteiger partial charge in [0.2, 0.25) is 5.91 Å². The summed E-state index contributed by atoms with van der Waals surface area (Å²) in [6.07, 6.45) is 7.79. The van der Waals surface area contributed by atoms with Crippen LogP contribution in [0.15, 0.2) is 43.0 Å². The molecular weight excluding hydrogens is 389 g/mol. The lowest BCUT2D eigenvalue weighted by Crippen LogP contribution is -2.38. The van der Waals surface area contributed by atoms with Gasteiger partial charge >= 0.3 is 0 Å². The zero-order valence-corrected chi connectivity index (χ0v) is 16.5. The number of imidazole rings is 1. The van der Waals surface area contributed by atoms with Gasteiger partial charge in [0.15, 0.2) is 0 Å². The smallest absolute Gasteiger partial charge is 0.251 e. The Morgan fingerprint density at radius 1 is 1.30 bits per heavy atom. The molecule has 1 fully saturated rings. The SMILES string of the molecule is Cl.Cl.NC(CNC(=O)c1cccc(NC(=O)CCn2ccnc2)c1)C1CC1. The molecule has 0 radical (unpaired) electrons. The molecule has 7 nitrogen and oxygen atoms in total. The number of benzene rings is 1. The topological polar surface area (TPSA) is 102 Å². The van der Waals surface area contributed by atoms with Crippen molar-refractivity contribution in [3.63, 3.8) is 0 Å². The number of carbonyl (C=O) groups excluding carboxylic acids is 2. The quantitative estimate of drug-likeness (QED) is 0.617. The molecule has 1 saturated carbocycles. The summed E-state index contributed by atoms with van der Waals surface area (Å²) < 4.78 is 1.84. The summed E-state index contributed by atoms with van der Waals surface area (Å²) in [5, 5.41) is 5.67. The summed E-state index contributed by atoms with van der Waals surface area (Å²) in [6, 6.07) is 6.94. The zero-order valence-electron chi connectivity index (χ0n) is 14.8. The molecule has 4 N–H and O–H groups in total. The molecule has 0 spiro atoms. The fraction of sp³-hybridized carbons (Fsp3) is 0.389. The summed E-state index contributed by atoms with van der Waals surface area (Å²) >= 11 is 0. The van der Waals surface area contributed by atoms with Crippen LogP contribution < -0.4 is 16.4 Å². The van der Waals surface area contributed by atoms with Gasteiger partial charge < -0.3 is 20.9 Å². The fourth-order valence-electron chi connectivity index (χ4n) is 2.61. The van der Waals surface area contributed by atoms with Crippen LogP contribution in [0.4, 0.5) is 5.69 Å². The van der Waals surface area contributed by atoms with Crippen molar-refractivity contribution in [3.8, 4) is 0 Å². The van der Waals surface area contributed by atoms with Gasteiger partial charge in [-0.1, -0.05) is 6.07 Å². The van der Waals surface area contributed by atoms with Crippen molar-refractivity contribution < 1.29 is 9.59 Å². The molecule has 3 rings (SSSR count). The van der Waals surface area contributed by atoms with E-state index in [-0.39, 0.29) is 42.7 Å². The van der Waals surface area contributed by atoms with Crippen LogP contribution >= 0.6 is 24.8 Å². The van der Waals surface area contributed by atoms with E-state index < -0.39 is 0 Å². The highest BCUT2D eigenvalue weighted by Crippen LogP contribution is 2.31. The fourth-order valence-corrected chi connectivity index (χ4v) is 2.61. The monoisotopic (exact) mass is 413 g/mol. The molecule has 2 amide bonds. The third-order valence-corrected chi connectivity index (χ3v) is 4.29. The second-order valence-electron chi connectivity index (χ2n) is 6.39. The van der Waals surface area contributed by atoms with E-state index in [1.165, 1.54) is 0 Å². The normalized spacial score (nSPS) is 13.7. The Balaban J connectivity index is 0.00000182. The van der Waals surface area contributed by atoms with E-state index in [2.05, 4.69) is 15.6 Å². The number of anilines is 1. The number of amides is 2. The standard InChI is InChI=1S/C18H23N5O2.2ClH/c19-16(13-4-5-13)11-21-18(25)14-2-1-3-15(10-14)22-17(24)6-8-23-9-7-20-12-23;;/h1-3,7,9-10,12-13,16H,4-6,8,11,19H2,(H,21,25)(H,22,24);2*1H. The lowest BCUT2D eigenvalue weighted by molar-refractivity contribution is -0.116. The Kier molecular flexibility index (Phi) is 9.28. The van der Waals surface area contributed by atoms with Crippen molar-refractivity contribution in [2.45, 2.75) is 31.8 Å². The van der Waals surface area contributed by atoms with Gasteiger partial charge in [-0.2, -0.15) is 0 Å². The molecule has 1 aromatic heterocycles. The average molecular weight is 414 g/mol. The Morgan fingerprint density at radius 3 is 2.74 bits per heavy atom. The number of nitrogens with zero attached hydrogens (tertiary/aromatic N) is 2. The lowest BCUT2D eigenvalue weighted by atomic mass is 10.1. The molecule has 0 bridgehead atoms. The van der Waals surface area contributed by atoms with Crippen molar-refractivity contribution in [2.75, 3.05) is 11.9 Å². The first kappa shape index (κ1) is 23.0. The molecule has 1 aliphatic carbocycles. The Hall–Kier alpha value is -2.09. The number of aryl methyl sites for hydroxylation is 1. The largest absolute Gasteiger partial charge is 0.350 e. The van der Waals surface area contributed by atoms with Crippen LogP contribution in [0.1, 0.15) is 29.6 Å². The minimum absolute atomic E-state index is 0. The first-order chi connectivity index (χ1) is 12.1. The highest BCUT2D eigenvalue weighted by Gasteiger charge is 2.28. The van der Waals surface area contributed by atoms with Crippen LogP contribution in [0, 0.1) is 5.92 Å². The van der Waals surface area contributed by atoms with E-state index in [4.69, 9.17) is 5.73 Å². The average Bonchev–Trinajstić information content (AvgIpc) is 3.34. The predicted molar refractivity (Wildman–Crippen MR) is 109 cm³/mol. The number of nitrogens with two attached hydrogens (primary N) is 1. The highest BCUT2D eigenvalue weighted by molar-refractivity contribution is 5.97. The molecule has 0 aliphatic heterocycles. The summed E-state index contributed by atoms with van der Waals surface area (Å²) in [4.78, 5) is 28.2. The maximum absolute atomic E-state index is 12.2. The van der Waals surface area contributed by atoms with Crippen molar-refractivity contribution in [3.05, 3.63) is 48.5 Å². The number of hydrogen-bond donors (Lipinski definition) is 3. The molecule has 0 saturated heterocycles. The Bertz CT molecular complexity index is 735. The molecule has 148 valence electrons. The molecule has 1 unspecified atom stereocenters. The summed E-state index contributed by atoms with van der Waals surface area (Å²) in [5.41, 5.74) is 7.11. The number of halogens is 2. The molecule has 27 heavy (non-hydrogen) atoms. The third-order valence-electron chi connectivity index (χ3n) is 4.29. The molecule has 2 aromatic rings. The Labute approximate surface area is 170 Å². The Morgan fingerprint density at radius 2 is 2.07 bits per heavy atom. The number of aromatic nitrogens is 2. The van der Waals surface area contributed by atoms with Crippen molar-refractivity contribution >= 4 is 42.3 Å². The van der Waals surface area contributed by atoms with Gasteiger partial charge in [-0.05, 0) is 37.0 Å². The van der Waals surface area contributed by atoms with E-state index in [1.54, 1.807) is 36.8 Å². The summed E-state index contributed by atoms with van der Waals surface area (Å²) in [7, 11) is 0. The number of carbonyl (C=O) groups is 2. The van der Waals surface area contributed by atoms with Crippen molar-refractivity contribution in [1.29, 1.82) is 0 Å². The zero-order chi connectivity index (χ0) is 17.6. The maximum Gasteiger partial charge on any atom is 0.251 e. The first-order valence-corrected chi connectivity index (χ1v) is 8.51. The predicted octanol–water partition coefficient (Wildman–Crippen LogP) is 2.22. The van der Waals surface area contributed by atoms with Crippen LogP contribution in [-0.4, -0.2) is 34.0 Å². The van der Waals surface area contributed by atoms with E-state index >= 15 is 0 Å². The van der Waals surface area contributed by atoms with Gasteiger partial charge in [-0.15, -0.1) is 24.8 Å². The summed E-state index contributed by atoms with van der Waals surface area (Å²) in [5.74, 6) is 0.258. The second-order valence-corrected chi connectivity index (χ2v) is 6.39. The molecule has 9 heteroatoms. The number of rotatable bonds is 8. The minimum Gasteiger partial charge on any atom is -0.350 e. The van der Waals surface area contributed by atoms with E-state index in [1.807, 2.05) is 10.8 Å². The molecular formula is C18H25Cl2N5O2. The van der Waals surface area contributed by atoms with Crippen LogP contribution in [0.3, 0.4) is 0 Å². The van der Waals surface area contributed by atoms with Gasteiger partial charge in [-0.25, -0.2) is 4.98 Å². The number of hydrogen-bond acceptors (Lipinski definition) is 4. The maximum atomic E-state index is 12.2. The van der Waals surface area contributed by atoms with Gasteiger partial charge in [-0.3, -0.25) is 9.59 Å². The van der Waals surface area contributed by atoms with Gasteiger partial charge in [0.1, 0.15) is 0 Å². The molecule has 1 aromatic carbocycles. The first-order valence-electron chi connectivity index (χ1n) is 8.51. The summed E-state index contributed by atoms with van der Waals surface area (Å²) in [6.45, 7) is 1.04. The molecule has 1 heterocycles. The van der Waals surface area contributed by atoms with Gasteiger partial charge in [0.05, 0.1) is 6.33 Å². The van der Waals surface area contributed by atoms with E-state index in [9.17, 15) is 9.59 Å². The van der Waals surface area contributed by atoms with Gasteiger partial charge in [0.25, 0.3) is 5.91 Å². The third kappa shape index (κ3) is 7.21. The van der Waals surface area contributed by atoms with Crippen molar-refractivity contribution in [1.82, 2.24) is 14.9 Å². The molecule has 1 atom stereocenters. The van der Waals surface area contributed by atoms with E-state index in [0.717, 1.165) is 12.8 Å². The van der Waals surface area contributed by atoms with Crippen LogP contribution in [0.5, 0.6) is 0 Å². The van der Waals surface area contributed by atoms with Crippen LogP contribution in [0.25, 0.3) is 0 Å². The molecule has 1 aliphatic rings. The second kappa shape index (κ2) is 10.9. The lowest BCUT2D eigenvalue weighted by Gasteiger charge is -2.12. The van der Waals surface area contributed by atoms with Crippen LogP contribution in [0.2, 0.25) is 0 Å². The van der Waals surface area contributed by atoms with Crippen molar-refractivity contribution in [2.24, 2.45) is 11.7 Å². The van der Waals surface area contributed by atoms with Gasteiger partial charge in [0, 0.05) is 49.2 Å². The minimum atomic E-state index is -0.175.